The molecule has 6 aromatic rings. The second kappa shape index (κ2) is 13.8. The lowest BCUT2D eigenvalue weighted by atomic mass is 9.83. The van der Waals surface area contributed by atoms with Crippen molar-refractivity contribution < 1.29 is 41.8 Å². The number of carbonyl (C=O) groups excluding carboxylic acids is 4. The van der Waals surface area contributed by atoms with Crippen LogP contribution in [0.3, 0.4) is 0 Å². The number of rotatable bonds is 6. The van der Waals surface area contributed by atoms with Crippen LogP contribution in [0.15, 0.2) is 115 Å². The molecule has 0 saturated heterocycles. The second-order valence-electron chi connectivity index (χ2n) is 11.9. The maximum atomic E-state index is 15.8. The standard InChI is InChI=1S/C20H13F2NO3S.C20H14FNO3S/c1-26-13-10-6-5-9-12(13)14-15-16(24)20(22,11-7-3-2-4-8-11)19(25)23-18(15)27-17(14)21;1-25-14-9-5-8-13(10-14)20(21)17(23)16-15(12-6-3-2-4-7-12)11-26-18(16)22-19(20)24/h2-10H,1H3,(H,23,25);2-11H,1H3,(H,22,24). The molecule has 4 heterocycles. The van der Waals surface area contributed by atoms with E-state index in [2.05, 4.69) is 10.6 Å². The Morgan fingerprint density at radius 1 is 0.604 bits per heavy atom. The molecule has 0 spiro atoms. The third-order valence-electron chi connectivity index (χ3n) is 8.92. The molecule has 2 aliphatic rings. The van der Waals surface area contributed by atoms with Crippen LogP contribution >= 0.6 is 22.7 Å². The Bertz CT molecular complexity index is 2420. The Balaban J connectivity index is 0.000000164. The average Bonchev–Trinajstić information content (AvgIpc) is 3.77. The fourth-order valence-corrected chi connectivity index (χ4v) is 8.16. The molecule has 2 N–H and O–H groups in total. The Morgan fingerprint density at radius 2 is 1.19 bits per heavy atom. The number of thiophene rings is 2. The molecule has 266 valence electrons. The first-order chi connectivity index (χ1) is 25.5. The monoisotopic (exact) mass is 752 g/mol. The number of hydrogen-bond donors (Lipinski definition) is 2. The van der Waals surface area contributed by atoms with Crippen molar-refractivity contribution in [3.8, 4) is 33.8 Å². The highest BCUT2D eigenvalue weighted by atomic mass is 32.1. The Hall–Kier alpha value is -6.05. The first kappa shape index (κ1) is 35.4. The number of carbonyl (C=O) groups is 4. The topological polar surface area (TPSA) is 111 Å². The summed E-state index contributed by atoms with van der Waals surface area (Å²) in [4.78, 5) is 51.2. The molecule has 0 saturated carbocycles. The molecular formula is C40H27F3N2O6S2. The first-order valence-corrected chi connectivity index (χ1v) is 17.7. The summed E-state index contributed by atoms with van der Waals surface area (Å²) in [6, 6.07) is 29.2. The predicted molar refractivity (Wildman–Crippen MR) is 197 cm³/mol. The summed E-state index contributed by atoms with van der Waals surface area (Å²) in [5.41, 5.74) is -4.22. The molecule has 13 heteroatoms. The van der Waals surface area contributed by atoms with Crippen molar-refractivity contribution >= 4 is 56.1 Å². The lowest BCUT2D eigenvalue weighted by molar-refractivity contribution is -0.126. The number of nitrogens with one attached hydrogen (secondary N) is 2. The van der Waals surface area contributed by atoms with Crippen LogP contribution in [0.25, 0.3) is 22.3 Å². The number of methoxy groups -OCH3 is 2. The molecule has 0 aliphatic carbocycles. The fourth-order valence-electron chi connectivity index (χ4n) is 6.26. The number of Topliss-reactive ketones (excluding diaryl/α,β-unsaturated/α-hetero) is 2. The minimum absolute atomic E-state index is 0.00684. The van der Waals surface area contributed by atoms with Gasteiger partial charge in [-0.3, -0.25) is 19.2 Å². The van der Waals surface area contributed by atoms with Gasteiger partial charge >= 0.3 is 0 Å². The zero-order valence-electron chi connectivity index (χ0n) is 27.9. The van der Waals surface area contributed by atoms with Gasteiger partial charge in [0.05, 0.1) is 25.3 Å². The molecular weight excluding hydrogens is 726 g/mol. The Morgan fingerprint density at radius 3 is 1.87 bits per heavy atom. The molecule has 2 unspecified atom stereocenters. The number of fused-ring (bicyclic) bond motifs is 2. The van der Waals surface area contributed by atoms with Crippen molar-refractivity contribution in [2.45, 2.75) is 11.3 Å². The van der Waals surface area contributed by atoms with Crippen molar-refractivity contribution in [1.29, 1.82) is 0 Å². The lowest BCUT2D eigenvalue weighted by Gasteiger charge is -2.28. The van der Waals surface area contributed by atoms with Crippen LogP contribution in [0.4, 0.5) is 23.2 Å². The second-order valence-corrected chi connectivity index (χ2v) is 13.7. The van der Waals surface area contributed by atoms with Crippen LogP contribution in [-0.2, 0) is 20.9 Å². The summed E-state index contributed by atoms with van der Waals surface area (Å²) < 4.78 is 56.7. The van der Waals surface area contributed by atoms with Crippen LogP contribution in [0.2, 0.25) is 0 Å². The molecule has 0 fully saturated rings. The Labute approximate surface area is 308 Å². The molecule has 2 aromatic heterocycles. The van der Waals surface area contributed by atoms with Gasteiger partial charge in [0, 0.05) is 33.2 Å². The summed E-state index contributed by atoms with van der Waals surface area (Å²) >= 11 is 1.81. The normalized spacial score (nSPS) is 18.9. The average molecular weight is 753 g/mol. The van der Waals surface area contributed by atoms with Crippen LogP contribution in [0.5, 0.6) is 11.5 Å². The molecule has 0 radical (unpaired) electrons. The minimum Gasteiger partial charge on any atom is -0.497 e. The maximum Gasteiger partial charge on any atom is 0.276 e. The SMILES string of the molecule is COc1cccc(C2(F)C(=O)Nc3scc(-c4ccccc4)c3C2=O)c1.COc1ccccc1-c1c(F)sc2c1C(=O)C(F)(c1ccccc1)C(=O)N2. The third kappa shape index (κ3) is 5.78. The largest absolute Gasteiger partial charge is 0.497 e. The summed E-state index contributed by atoms with van der Waals surface area (Å²) in [6.45, 7) is 0. The number of benzene rings is 4. The van der Waals surface area contributed by atoms with E-state index in [1.165, 1.54) is 62.0 Å². The smallest absolute Gasteiger partial charge is 0.276 e. The summed E-state index contributed by atoms with van der Waals surface area (Å²) in [5.74, 6) is -3.34. The zero-order chi connectivity index (χ0) is 37.5. The van der Waals surface area contributed by atoms with E-state index in [0.717, 1.165) is 5.56 Å². The van der Waals surface area contributed by atoms with Crippen LogP contribution < -0.4 is 20.1 Å². The van der Waals surface area contributed by atoms with E-state index in [1.54, 1.807) is 47.8 Å². The van der Waals surface area contributed by atoms with Gasteiger partial charge in [-0.25, -0.2) is 8.78 Å². The number of hydrogen-bond acceptors (Lipinski definition) is 8. The van der Waals surface area contributed by atoms with Gasteiger partial charge in [-0.2, -0.15) is 4.39 Å². The lowest BCUT2D eigenvalue weighted by Crippen LogP contribution is -2.47. The number of anilines is 2. The number of para-hydroxylation sites is 1. The molecule has 53 heavy (non-hydrogen) atoms. The van der Waals surface area contributed by atoms with E-state index in [9.17, 15) is 23.6 Å². The van der Waals surface area contributed by atoms with Gasteiger partial charge in [0.25, 0.3) is 23.2 Å². The van der Waals surface area contributed by atoms with Crippen molar-refractivity contribution in [2.75, 3.05) is 24.9 Å². The highest BCUT2D eigenvalue weighted by Gasteiger charge is 2.55. The van der Waals surface area contributed by atoms with Crippen LogP contribution in [0.1, 0.15) is 31.8 Å². The van der Waals surface area contributed by atoms with Crippen molar-refractivity contribution in [1.82, 2.24) is 0 Å². The van der Waals surface area contributed by atoms with Gasteiger partial charge < -0.3 is 20.1 Å². The highest BCUT2D eigenvalue weighted by Crippen LogP contribution is 2.49. The van der Waals surface area contributed by atoms with E-state index in [4.69, 9.17) is 9.47 Å². The minimum atomic E-state index is -2.93. The molecule has 8 rings (SSSR count). The maximum absolute atomic E-state index is 15.8. The van der Waals surface area contributed by atoms with Gasteiger partial charge in [0.1, 0.15) is 21.5 Å². The molecule has 2 atom stereocenters. The third-order valence-corrected chi connectivity index (χ3v) is 10.7. The van der Waals surface area contributed by atoms with E-state index in [-0.39, 0.29) is 32.8 Å². The zero-order valence-corrected chi connectivity index (χ0v) is 29.5. The van der Waals surface area contributed by atoms with E-state index in [0.29, 0.717) is 39.0 Å². The van der Waals surface area contributed by atoms with Crippen LogP contribution in [0, 0.1) is 5.13 Å². The number of alkyl halides is 2. The fraction of sp³-hybridized carbons (Fsp3) is 0.100. The summed E-state index contributed by atoms with van der Waals surface area (Å²) in [5, 5.41) is 6.33. The first-order valence-electron chi connectivity index (χ1n) is 16.0. The van der Waals surface area contributed by atoms with E-state index < -0.39 is 39.8 Å². The summed E-state index contributed by atoms with van der Waals surface area (Å²) in [6.07, 6.45) is 0. The van der Waals surface area contributed by atoms with Gasteiger partial charge in [-0.15, -0.1) is 11.3 Å². The Kier molecular flexibility index (Phi) is 9.22. The van der Waals surface area contributed by atoms with E-state index >= 15 is 8.78 Å². The highest BCUT2D eigenvalue weighted by molar-refractivity contribution is 7.16. The molecule has 2 aliphatic heterocycles. The number of halogens is 3. The van der Waals surface area contributed by atoms with Gasteiger partial charge in [-0.05, 0) is 23.8 Å². The molecule has 4 aromatic carbocycles. The predicted octanol–water partition coefficient (Wildman–Crippen LogP) is 8.99. The molecule has 8 nitrogen and oxygen atoms in total. The van der Waals surface area contributed by atoms with Crippen LogP contribution in [-0.4, -0.2) is 37.6 Å². The molecule has 0 bridgehead atoms. The quantitative estimate of drug-likeness (QED) is 0.165. The van der Waals surface area contributed by atoms with Crippen molar-refractivity contribution in [2.24, 2.45) is 0 Å². The van der Waals surface area contributed by atoms with Gasteiger partial charge in [0.15, 0.2) is 5.13 Å². The van der Waals surface area contributed by atoms with Crippen molar-refractivity contribution in [3.05, 3.63) is 142 Å². The van der Waals surface area contributed by atoms with Crippen molar-refractivity contribution in [3.63, 3.8) is 0 Å². The summed E-state index contributed by atoms with van der Waals surface area (Å²) in [7, 11) is 2.86. The van der Waals surface area contributed by atoms with Gasteiger partial charge in [0.2, 0.25) is 11.6 Å². The number of amides is 2. The molecule has 2 amide bonds. The number of ether oxygens (including phenoxy) is 2. The van der Waals surface area contributed by atoms with Gasteiger partial charge in [-0.1, -0.05) is 102 Å². The van der Waals surface area contributed by atoms with E-state index in [1.807, 2.05) is 30.3 Å². The number of ketones is 2.